The fourth-order valence-electron chi connectivity index (χ4n) is 1.36. The molecule has 1 heterocycles. The summed E-state index contributed by atoms with van der Waals surface area (Å²) in [5.41, 5.74) is 0.772. The van der Waals surface area contributed by atoms with Crippen LogP contribution in [0.25, 0.3) is 0 Å². The molecule has 1 aromatic heterocycles. The second kappa shape index (κ2) is 8.00. The number of hydrogen-bond acceptors (Lipinski definition) is 5. The third-order valence-electron chi connectivity index (χ3n) is 2.31. The number of hydrogen-bond donors (Lipinski definition) is 3. The summed E-state index contributed by atoms with van der Waals surface area (Å²) in [6.07, 6.45) is 2.29. The van der Waals surface area contributed by atoms with Crippen molar-refractivity contribution in [2.24, 2.45) is 0 Å². The molecule has 0 aliphatic carbocycles. The largest absolute Gasteiger partial charge is 0.480 e. The van der Waals surface area contributed by atoms with Gasteiger partial charge in [-0.05, 0) is 25.4 Å². The standard InChI is InChI=1S/C11H17N3O3S2/c1-7-13-8(6-19-7)5-12-11(17)14-9(10(15)16)3-4-18-2/h6,9H,3-5H2,1-2H3,(H,15,16)(H2,12,14,17)/t9-/m0/s1. The van der Waals surface area contributed by atoms with Gasteiger partial charge < -0.3 is 15.7 Å². The second-order valence-corrected chi connectivity index (χ2v) is 5.90. The minimum atomic E-state index is -1.02. The maximum absolute atomic E-state index is 11.6. The lowest BCUT2D eigenvalue weighted by molar-refractivity contribution is -0.139. The molecule has 0 radical (unpaired) electrons. The Morgan fingerprint density at radius 3 is 2.84 bits per heavy atom. The Morgan fingerprint density at radius 1 is 1.58 bits per heavy atom. The first-order valence-electron chi connectivity index (χ1n) is 5.70. The maximum Gasteiger partial charge on any atom is 0.326 e. The quantitative estimate of drug-likeness (QED) is 0.709. The van der Waals surface area contributed by atoms with E-state index in [0.717, 1.165) is 10.7 Å². The molecular weight excluding hydrogens is 286 g/mol. The van der Waals surface area contributed by atoms with E-state index < -0.39 is 18.0 Å². The average Bonchev–Trinajstić information content (AvgIpc) is 2.77. The van der Waals surface area contributed by atoms with Crippen molar-refractivity contribution >= 4 is 35.1 Å². The number of carboxylic acids is 1. The normalized spacial score (nSPS) is 11.9. The second-order valence-electron chi connectivity index (χ2n) is 3.86. The molecular formula is C11H17N3O3S2. The van der Waals surface area contributed by atoms with Crippen molar-refractivity contribution in [2.75, 3.05) is 12.0 Å². The van der Waals surface area contributed by atoms with Crippen LogP contribution in [0, 0.1) is 6.92 Å². The molecule has 19 heavy (non-hydrogen) atoms. The van der Waals surface area contributed by atoms with Crippen LogP contribution in [0.1, 0.15) is 17.1 Å². The van der Waals surface area contributed by atoms with Crippen LogP contribution in [0.5, 0.6) is 0 Å². The summed E-state index contributed by atoms with van der Waals surface area (Å²) >= 11 is 3.05. The number of urea groups is 1. The van der Waals surface area contributed by atoms with E-state index in [2.05, 4.69) is 15.6 Å². The topological polar surface area (TPSA) is 91.3 Å². The predicted molar refractivity (Wildman–Crippen MR) is 76.6 cm³/mol. The molecule has 2 amide bonds. The number of thioether (sulfide) groups is 1. The molecule has 1 aromatic rings. The van der Waals surface area contributed by atoms with Gasteiger partial charge in [-0.15, -0.1) is 11.3 Å². The fraction of sp³-hybridized carbons (Fsp3) is 0.545. The molecule has 106 valence electrons. The molecule has 0 saturated heterocycles. The molecule has 0 aliphatic heterocycles. The minimum absolute atomic E-state index is 0.297. The third-order valence-corrected chi connectivity index (χ3v) is 3.78. The van der Waals surface area contributed by atoms with Gasteiger partial charge in [-0.1, -0.05) is 0 Å². The number of amides is 2. The number of nitrogens with zero attached hydrogens (tertiary/aromatic N) is 1. The first-order chi connectivity index (χ1) is 9.02. The van der Waals surface area contributed by atoms with Crippen LogP contribution in [0.3, 0.4) is 0 Å². The highest BCUT2D eigenvalue weighted by atomic mass is 32.2. The zero-order valence-corrected chi connectivity index (χ0v) is 12.4. The highest BCUT2D eigenvalue weighted by Gasteiger charge is 2.19. The molecule has 1 rings (SSSR count). The number of aromatic nitrogens is 1. The summed E-state index contributed by atoms with van der Waals surface area (Å²) in [6.45, 7) is 2.18. The predicted octanol–water partition coefficient (Wildman–Crippen LogP) is 1.46. The Labute approximate surface area is 120 Å². The van der Waals surface area contributed by atoms with Gasteiger partial charge in [-0.2, -0.15) is 11.8 Å². The summed E-state index contributed by atoms with van der Waals surface area (Å²) in [4.78, 5) is 26.7. The van der Waals surface area contributed by atoms with Crippen LogP contribution >= 0.6 is 23.1 Å². The van der Waals surface area contributed by atoms with E-state index >= 15 is 0 Å². The van der Waals surface area contributed by atoms with Crippen LogP contribution < -0.4 is 10.6 Å². The molecule has 0 unspecified atom stereocenters. The van der Waals surface area contributed by atoms with Gasteiger partial charge in [0.1, 0.15) is 6.04 Å². The molecule has 0 aliphatic rings. The van der Waals surface area contributed by atoms with E-state index in [9.17, 15) is 9.59 Å². The van der Waals surface area contributed by atoms with E-state index in [-0.39, 0.29) is 0 Å². The highest BCUT2D eigenvalue weighted by molar-refractivity contribution is 7.98. The molecule has 0 bridgehead atoms. The van der Waals surface area contributed by atoms with Gasteiger partial charge in [0.15, 0.2) is 0 Å². The van der Waals surface area contributed by atoms with Crippen LogP contribution in [-0.2, 0) is 11.3 Å². The summed E-state index contributed by atoms with van der Waals surface area (Å²) in [7, 11) is 0. The number of aryl methyl sites for hydroxylation is 1. The Hall–Kier alpha value is -1.28. The van der Waals surface area contributed by atoms with Gasteiger partial charge in [0, 0.05) is 5.38 Å². The van der Waals surface area contributed by atoms with Crippen molar-refractivity contribution < 1.29 is 14.7 Å². The first-order valence-corrected chi connectivity index (χ1v) is 7.97. The molecule has 8 heteroatoms. The molecule has 3 N–H and O–H groups in total. The number of carbonyl (C=O) groups excluding carboxylic acids is 1. The number of aliphatic carboxylic acids is 1. The number of nitrogens with one attached hydrogen (secondary N) is 2. The number of carbonyl (C=O) groups is 2. The number of rotatable bonds is 7. The maximum atomic E-state index is 11.6. The fourth-order valence-corrected chi connectivity index (χ4v) is 2.45. The number of carboxylic acid groups (broad SMARTS) is 1. The van der Waals surface area contributed by atoms with Crippen LogP contribution in [-0.4, -0.2) is 40.1 Å². The van der Waals surface area contributed by atoms with Gasteiger partial charge in [0.25, 0.3) is 0 Å². The zero-order valence-electron chi connectivity index (χ0n) is 10.8. The summed E-state index contributed by atoms with van der Waals surface area (Å²) in [6, 6.07) is -1.34. The minimum Gasteiger partial charge on any atom is -0.480 e. The third kappa shape index (κ3) is 5.93. The zero-order chi connectivity index (χ0) is 14.3. The van der Waals surface area contributed by atoms with Gasteiger partial charge in [0.05, 0.1) is 17.2 Å². The molecule has 0 fully saturated rings. The SMILES string of the molecule is CSCC[C@H](NC(=O)NCc1csc(C)n1)C(=O)O. The average molecular weight is 303 g/mol. The van der Waals surface area contributed by atoms with E-state index in [1.54, 1.807) is 11.8 Å². The lowest BCUT2D eigenvalue weighted by Gasteiger charge is -2.14. The Bertz CT molecular complexity index is 437. The van der Waals surface area contributed by atoms with Gasteiger partial charge in [0.2, 0.25) is 0 Å². The highest BCUT2D eigenvalue weighted by Crippen LogP contribution is 2.07. The lowest BCUT2D eigenvalue weighted by Crippen LogP contribution is -2.46. The van der Waals surface area contributed by atoms with Crippen molar-refractivity contribution in [3.63, 3.8) is 0 Å². The van der Waals surface area contributed by atoms with E-state index in [1.807, 2.05) is 18.6 Å². The summed E-state index contributed by atoms with van der Waals surface area (Å²) in [5.74, 6) is -0.337. The van der Waals surface area contributed by atoms with Gasteiger partial charge in [-0.3, -0.25) is 0 Å². The lowest BCUT2D eigenvalue weighted by atomic mass is 10.2. The first kappa shape index (κ1) is 15.8. The molecule has 1 atom stereocenters. The smallest absolute Gasteiger partial charge is 0.326 e. The summed E-state index contributed by atoms with van der Waals surface area (Å²) < 4.78 is 0. The molecule has 0 spiro atoms. The van der Waals surface area contributed by atoms with E-state index in [4.69, 9.17) is 5.11 Å². The Morgan fingerprint density at radius 2 is 2.32 bits per heavy atom. The van der Waals surface area contributed by atoms with Gasteiger partial charge in [-0.25, -0.2) is 14.6 Å². The van der Waals surface area contributed by atoms with E-state index in [0.29, 0.717) is 18.7 Å². The van der Waals surface area contributed by atoms with Crippen LogP contribution in [0.15, 0.2) is 5.38 Å². The van der Waals surface area contributed by atoms with Crippen molar-refractivity contribution in [3.05, 3.63) is 16.1 Å². The Balaban J connectivity index is 2.37. The van der Waals surface area contributed by atoms with Crippen molar-refractivity contribution in [2.45, 2.75) is 25.9 Å². The molecule has 6 nitrogen and oxygen atoms in total. The monoisotopic (exact) mass is 303 g/mol. The van der Waals surface area contributed by atoms with E-state index in [1.165, 1.54) is 11.3 Å². The van der Waals surface area contributed by atoms with Crippen molar-refractivity contribution in [1.82, 2.24) is 15.6 Å². The Kier molecular flexibility index (Phi) is 6.65. The van der Waals surface area contributed by atoms with Crippen LogP contribution in [0.4, 0.5) is 4.79 Å². The van der Waals surface area contributed by atoms with Crippen LogP contribution in [0.2, 0.25) is 0 Å². The molecule has 0 aromatic carbocycles. The van der Waals surface area contributed by atoms with Crippen molar-refractivity contribution in [1.29, 1.82) is 0 Å². The molecule has 0 saturated carbocycles. The van der Waals surface area contributed by atoms with Crippen molar-refractivity contribution in [3.8, 4) is 0 Å². The number of thiazole rings is 1. The van der Waals surface area contributed by atoms with Gasteiger partial charge >= 0.3 is 12.0 Å². The summed E-state index contributed by atoms with van der Waals surface area (Å²) in [5, 5.41) is 16.8.